The second-order valence-corrected chi connectivity index (χ2v) is 4.77. The fraction of sp³-hybridized carbons (Fsp3) is 0.538. The van der Waals surface area contributed by atoms with Gasteiger partial charge in [-0.15, -0.1) is 0 Å². The van der Waals surface area contributed by atoms with Crippen molar-refractivity contribution in [1.82, 2.24) is 0 Å². The lowest BCUT2D eigenvalue weighted by Crippen LogP contribution is -2.24. The molecule has 0 spiro atoms. The molecule has 1 aromatic rings. The summed E-state index contributed by atoms with van der Waals surface area (Å²) in [5, 5.41) is 0. The van der Waals surface area contributed by atoms with Gasteiger partial charge >= 0.3 is 0 Å². The maximum atomic E-state index is 5.91. The van der Waals surface area contributed by atoms with Gasteiger partial charge in [-0.3, -0.25) is 0 Å². The Morgan fingerprint density at radius 3 is 2.69 bits per heavy atom. The van der Waals surface area contributed by atoms with Gasteiger partial charge in [0.1, 0.15) is 13.2 Å². The van der Waals surface area contributed by atoms with Gasteiger partial charge < -0.3 is 15.2 Å². The summed E-state index contributed by atoms with van der Waals surface area (Å²) in [7, 11) is 0. The Hall–Kier alpha value is -1.22. The van der Waals surface area contributed by atoms with Gasteiger partial charge in [0, 0.05) is 17.5 Å². The topological polar surface area (TPSA) is 44.5 Å². The molecule has 3 heteroatoms. The van der Waals surface area contributed by atoms with Crippen molar-refractivity contribution in [3.63, 3.8) is 0 Å². The minimum Gasteiger partial charge on any atom is -0.486 e. The Balaban J connectivity index is 2.15. The molecule has 3 nitrogen and oxygen atoms in total. The van der Waals surface area contributed by atoms with E-state index < -0.39 is 0 Å². The van der Waals surface area contributed by atoms with E-state index in [-0.39, 0.29) is 5.41 Å². The summed E-state index contributed by atoms with van der Waals surface area (Å²) in [6, 6.07) is 4.11. The van der Waals surface area contributed by atoms with Crippen molar-refractivity contribution < 1.29 is 9.47 Å². The van der Waals surface area contributed by atoms with Crippen molar-refractivity contribution in [2.45, 2.75) is 25.2 Å². The first-order valence-electron chi connectivity index (χ1n) is 5.87. The number of aryl methyl sites for hydroxylation is 1. The zero-order valence-electron chi connectivity index (χ0n) is 9.58. The largest absolute Gasteiger partial charge is 0.486 e. The lowest BCUT2D eigenvalue weighted by atomic mass is 9.90. The zero-order chi connectivity index (χ0) is 11.2. The van der Waals surface area contributed by atoms with Crippen LogP contribution in [-0.2, 0) is 5.41 Å². The van der Waals surface area contributed by atoms with Crippen LogP contribution in [0, 0.1) is 6.92 Å². The second-order valence-electron chi connectivity index (χ2n) is 4.77. The van der Waals surface area contributed by atoms with E-state index in [2.05, 4.69) is 13.0 Å². The van der Waals surface area contributed by atoms with Crippen LogP contribution in [0.1, 0.15) is 24.0 Å². The van der Waals surface area contributed by atoms with Crippen molar-refractivity contribution in [2.24, 2.45) is 5.73 Å². The molecule has 1 aromatic carbocycles. The summed E-state index contributed by atoms with van der Waals surface area (Å²) in [6.45, 7) is 4.12. The van der Waals surface area contributed by atoms with Gasteiger partial charge in [-0.25, -0.2) is 0 Å². The number of hydrogen-bond donors (Lipinski definition) is 1. The van der Waals surface area contributed by atoms with Crippen LogP contribution in [0.2, 0.25) is 0 Å². The standard InChI is InChI=1S/C13H17NO2/c1-9-2-3-10-12(16-7-6-15-10)11(9)13(8-14)4-5-13/h2-3H,4-8,14H2,1H3. The van der Waals surface area contributed by atoms with E-state index in [1.165, 1.54) is 24.0 Å². The van der Waals surface area contributed by atoms with Crippen molar-refractivity contribution >= 4 is 0 Å². The van der Waals surface area contributed by atoms with Crippen molar-refractivity contribution in [1.29, 1.82) is 0 Å². The Morgan fingerprint density at radius 1 is 1.25 bits per heavy atom. The minimum atomic E-state index is 0.163. The molecule has 2 N–H and O–H groups in total. The van der Waals surface area contributed by atoms with E-state index >= 15 is 0 Å². The van der Waals surface area contributed by atoms with E-state index in [1.54, 1.807) is 0 Å². The maximum absolute atomic E-state index is 5.91. The Kier molecular flexibility index (Phi) is 2.11. The van der Waals surface area contributed by atoms with Gasteiger partial charge in [-0.05, 0) is 31.4 Å². The first kappa shape index (κ1) is 9.97. The Morgan fingerprint density at radius 2 is 2.00 bits per heavy atom. The predicted octanol–water partition coefficient (Wildman–Crippen LogP) is 1.76. The average molecular weight is 219 g/mol. The highest BCUT2D eigenvalue weighted by Gasteiger charge is 2.46. The molecule has 0 aromatic heterocycles. The van der Waals surface area contributed by atoms with Gasteiger partial charge in [-0.2, -0.15) is 0 Å². The Labute approximate surface area is 95.5 Å². The number of nitrogens with two attached hydrogens (primary N) is 1. The van der Waals surface area contributed by atoms with Gasteiger partial charge in [0.15, 0.2) is 11.5 Å². The van der Waals surface area contributed by atoms with E-state index in [1.807, 2.05) is 6.07 Å². The van der Waals surface area contributed by atoms with Crippen LogP contribution >= 0.6 is 0 Å². The molecule has 2 aliphatic rings. The molecular formula is C13H17NO2. The van der Waals surface area contributed by atoms with Crippen LogP contribution < -0.4 is 15.2 Å². The average Bonchev–Trinajstić information content (AvgIpc) is 3.10. The van der Waals surface area contributed by atoms with Gasteiger partial charge in [0.05, 0.1) is 0 Å². The molecule has 0 saturated heterocycles. The molecule has 0 unspecified atom stereocenters. The summed E-state index contributed by atoms with van der Waals surface area (Å²) in [6.07, 6.45) is 2.34. The summed E-state index contributed by atoms with van der Waals surface area (Å²) in [5.74, 6) is 1.82. The number of ether oxygens (including phenoxy) is 2. The highest BCUT2D eigenvalue weighted by molar-refractivity contribution is 5.56. The summed E-state index contributed by atoms with van der Waals surface area (Å²) < 4.78 is 11.4. The molecule has 1 aliphatic carbocycles. The second kappa shape index (κ2) is 3.39. The fourth-order valence-corrected chi connectivity index (χ4v) is 2.58. The normalized spacial score (nSPS) is 20.6. The van der Waals surface area contributed by atoms with Crippen LogP contribution in [0.4, 0.5) is 0 Å². The molecule has 3 rings (SSSR count). The molecule has 1 heterocycles. The third-order valence-electron chi connectivity index (χ3n) is 3.69. The lowest BCUT2D eigenvalue weighted by molar-refractivity contribution is 0.168. The van der Waals surface area contributed by atoms with Gasteiger partial charge in [0.2, 0.25) is 0 Å². The van der Waals surface area contributed by atoms with E-state index in [4.69, 9.17) is 15.2 Å². The molecular weight excluding hydrogens is 202 g/mol. The fourth-order valence-electron chi connectivity index (χ4n) is 2.58. The molecule has 1 aliphatic heterocycles. The molecule has 86 valence electrons. The van der Waals surface area contributed by atoms with Gasteiger partial charge in [-0.1, -0.05) is 6.07 Å². The highest BCUT2D eigenvalue weighted by atomic mass is 16.6. The molecule has 0 amide bonds. The van der Waals surface area contributed by atoms with Crippen molar-refractivity contribution in [2.75, 3.05) is 19.8 Å². The number of rotatable bonds is 2. The Bertz CT molecular complexity index is 424. The summed E-state index contributed by atoms with van der Waals surface area (Å²) in [5.41, 5.74) is 8.62. The van der Waals surface area contributed by atoms with E-state index in [0.717, 1.165) is 11.5 Å². The van der Waals surface area contributed by atoms with Crippen LogP contribution in [0.25, 0.3) is 0 Å². The van der Waals surface area contributed by atoms with E-state index in [9.17, 15) is 0 Å². The molecule has 0 bridgehead atoms. The zero-order valence-corrected chi connectivity index (χ0v) is 9.58. The first-order chi connectivity index (χ1) is 7.77. The molecule has 16 heavy (non-hydrogen) atoms. The summed E-state index contributed by atoms with van der Waals surface area (Å²) in [4.78, 5) is 0. The smallest absolute Gasteiger partial charge is 0.165 e. The summed E-state index contributed by atoms with van der Waals surface area (Å²) >= 11 is 0. The monoisotopic (exact) mass is 219 g/mol. The van der Waals surface area contributed by atoms with E-state index in [0.29, 0.717) is 19.8 Å². The first-order valence-corrected chi connectivity index (χ1v) is 5.87. The van der Waals surface area contributed by atoms with Crippen molar-refractivity contribution in [3.8, 4) is 11.5 Å². The predicted molar refractivity (Wildman–Crippen MR) is 62.1 cm³/mol. The SMILES string of the molecule is Cc1ccc2c(c1C1(CN)CC1)OCCO2. The molecule has 1 saturated carbocycles. The highest BCUT2D eigenvalue weighted by Crippen LogP contribution is 2.54. The van der Waals surface area contributed by atoms with Crippen LogP contribution in [0.3, 0.4) is 0 Å². The molecule has 0 radical (unpaired) electrons. The van der Waals surface area contributed by atoms with Gasteiger partial charge in [0.25, 0.3) is 0 Å². The minimum absolute atomic E-state index is 0.163. The third-order valence-corrected chi connectivity index (χ3v) is 3.69. The van der Waals surface area contributed by atoms with Crippen LogP contribution in [0.15, 0.2) is 12.1 Å². The quantitative estimate of drug-likeness (QED) is 0.824. The number of fused-ring (bicyclic) bond motifs is 1. The maximum Gasteiger partial charge on any atom is 0.165 e. The molecule has 0 atom stereocenters. The number of benzene rings is 1. The number of hydrogen-bond acceptors (Lipinski definition) is 3. The molecule has 1 fully saturated rings. The third kappa shape index (κ3) is 1.31. The van der Waals surface area contributed by atoms with Crippen LogP contribution in [0.5, 0.6) is 11.5 Å². The van der Waals surface area contributed by atoms with Crippen molar-refractivity contribution in [3.05, 3.63) is 23.3 Å². The van der Waals surface area contributed by atoms with Crippen LogP contribution in [-0.4, -0.2) is 19.8 Å². The lowest BCUT2D eigenvalue weighted by Gasteiger charge is -2.26.